The van der Waals surface area contributed by atoms with Gasteiger partial charge in [0.05, 0.1) is 17.6 Å². The van der Waals surface area contributed by atoms with Crippen molar-refractivity contribution >= 4 is 23.1 Å². The number of anilines is 3. The molecule has 1 fully saturated rings. The lowest BCUT2D eigenvalue weighted by atomic mass is 10.2. The fraction of sp³-hybridized carbons (Fsp3) is 0.190. The van der Waals surface area contributed by atoms with Crippen molar-refractivity contribution in [2.75, 3.05) is 36.4 Å². The van der Waals surface area contributed by atoms with E-state index in [0.29, 0.717) is 37.6 Å². The van der Waals surface area contributed by atoms with E-state index in [9.17, 15) is 13.6 Å². The first kappa shape index (κ1) is 18.8. The van der Waals surface area contributed by atoms with Gasteiger partial charge in [-0.25, -0.2) is 18.7 Å². The summed E-state index contributed by atoms with van der Waals surface area (Å²) in [5.41, 5.74) is 0.964. The monoisotopic (exact) mass is 395 g/mol. The minimum atomic E-state index is -0.698. The second-order valence-electron chi connectivity index (χ2n) is 6.65. The van der Waals surface area contributed by atoms with Crippen molar-refractivity contribution in [2.24, 2.45) is 0 Å². The fourth-order valence-corrected chi connectivity index (χ4v) is 3.18. The molecule has 0 unspecified atom stereocenters. The van der Waals surface area contributed by atoms with E-state index in [1.54, 1.807) is 23.2 Å². The van der Waals surface area contributed by atoms with Gasteiger partial charge >= 0.3 is 0 Å². The first-order chi connectivity index (χ1) is 14.1. The number of benzene rings is 1. The third-order valence-electron chi connectivity index (χ3n) is 4.73. The molecule has 3 aromatic rings. The van der Waals surface area contributed by atoms with E-state index in [1.807, 2.05) is 18.2 Å². The molecule has 0 aliphatic carbocycles. The van der Waals surface area contributed by atoms with Crippen LogP contribution in [0.2, 0.25) is 0 Å². The molecule has 0 radical (unpaired) electrons. The first-order valence-electron chi connectivity index (χ1n) is 9.23. The SMILES string of the molecule is O=C(c1ccc(Nc2ccc(F)cc2F)cn1)N1CCN(c2ccccn2)CC1. The molecule has 1 saturated heterocycles. The number of amides is 1. The van der Waals surface area contributed by atoms with Crippen LogP contribution in [0.3, 0.4) is 0 Å². The molecule has 0 atom stereocenters. The van der Waals surface area contributed by atoms with Crippen molar-refractivity contribution in [2.45, 2.75) is 0 Å². The number of halogens is 2. The van der Waals surface area contributed by atoms with Gasteiger partial charge < -0.3 is 15.1 Å². The van der Waals surface area contributed by atoms with Crippen LogP contribution in [-0.2, 0) is 0 Å². The second kappa shape index (κ2) is 8.22. The van der Waals surface area contributed by atoms with Gasteiger partial charge in [0.2, 0.25) is 0 Å². The minimum Gasteiger partial charge on any atom is -0.353 e. The number of carbonyl (C=O) groups excluding carboxylic acids is 1. The smallest absolute Gasteiger partial charge is 0.272 e. The lowest BCUT2D eigenvalue weighted by Gasteiger charge is -2.35. The molecule has 1 aliphatic heterocycles. The lowest BCUT2D eigenvalue weighted by Crippen LogP contribution is -2.49. The summed E-state index contributed by atoms with van der Waals surface area (Å²) in [5.74, 6) is -0.586. The van der Waals surface area contributed by atoms with E-state index < -0.39 is 11.6 Å². The zero-order valence-corrected chi connectivity index (χ0v) is 15.6. The summed E-state index contributed by atoms with van der Waals surface area (Å²) in [5, 5.41) is 2.83. The molecule has 3 heterocycles. The quantitative estimate of drug-likeness (QED) is 0.733. The van der Waals surface area contributed by atoms with Crippen LogP contribution in [-0.4, -0.2) is 47.0 Å². The molecule has 0 spiro atoms. The van der Waals surface area contributed by atoms with Gasteiger partial charge in [-0.15, -0.1) is 0 Å². The largest absolute Gasteiger partial charge is 0.353 e. The molecule has 1 aromatic carbocycles. The molecule has 6 nitrogen and oxygen atoms in total. The third-order valence-corrected chi connectivity index (χ3v) is 4.73. The van der Waals surface area contributed by atoms with E-state index in [2.05, 4.69) is 20.2 Å². The first-order valence-corrected chi connectivity index (χ1v) is 9.23. The van der Waals surface area contributed by atoms with Gasteiger partial charge in [-0.05, 0) is 36.4 Å². The molecule has 0 saturated carbocycles. The highest BCUT2D eigenvalue weighted by molar-refractivity contribution is 5.92. The number of pyridine rings is 2. The third kappa shape index (κ3) is 4.31. The number of carbonyl (C=O) groups is 1. The normalized spacial score (nSPS) is 14.0. The summed E-state index contributed by atoms with van der Waals surface area (Å²) in [7, 11) is 0. The number of aromatic nitrogens is 2. The van der Waals surface area contributed by atoms with Crippen molar-refractivity contribution in [3.63, 3.8) is 0 Å². The zero-order valence-electron chi connectivity index (χ0n) is 15.6. The van der Waals surface area contributed by atoms with Crippen molar-refractivity contribution < 1.29 is 13.6 Å². The summed E-state index contributed by atoms with van der Waals surface area (Å²) in [6, 6.07) is 12.3. The Hall–Kier alpha value is -3.55. The molecular weight excluding hydrogens is 376 g/mol. The van der Waals surface area contributed by atoms with E-state index in [0.717, 1.165) is 11.9 Å². The molecule has 2 aromatic heterocycles. The van der Waals surface area contributed by atoms with Crippen LogP contribution in [0.1, 0.15) is 10.5 Å². The van der Waals surface area contributed by atoms with Crippen LogP contribution in [0.4, 0.5) is 26.0 Å². The van der Waals surface area contributed by atoms with Crippen LogP contribution in [0.15, 0.2) is 60.9 Å². The Kier molecular flexibility index (Phi) is 5.33. The van der Waals surface area contributed by atoms with Crippen molar-refractivity contribution in [3.8, 4) is 0 Å². The van der Waals surface area contributed by atoms with Gasteiger partial charge in [-0.3, -0.25) is 4.79 Å². The summed E-state index contributed by atoms with van der Waals surface area (Å²) in [4.78, 5) is 25.1. The number of piperazine rings is 1. The topological polar surface area (TPSA) is 61.4 Å². The van der Waals surface area contributed by atoms with Gasteiger partial charge in [0, 0.05) is 38.4 Å². The fourth-order valence-electron chi connectivity index (χ4n) is 3.18. The minimum absolute atomic E-state index is 0.137. The van der Waals surface area contributed by atoms with Crippen LogP contribution in [0, 0.1) is 11.6 Å². The van der Waals surface area contributed by atoms with Crippen LogP contribution < -0.4 is 10.2 Å². The Balaban J connectivity index is 1.37. The summed E-state index contributed by atoms with van der Waals surface area (Å²) >= 11 is 0. The maximum atomic E-state index is 13.7. The zero-order chi connectivity index (χ0) is 20.2. The predicted molar refractivity (Wildman–Crippen MR) is 106 cm³/mol. The highest BCUT2D eigenvalue weighted by atomic mass is 19.1. The highest BCUT2D eigenvalue weighted by Gasteiger charge is 2.23. The Morgan fingerprint density at radius 3 is 2.45 bits per heavy atom. The molecule has 148 valence electrons. The van der Waals surface area contributed by atoms with Crippen LogP contribution in [0.5, 0.6) is 0 Å². The number of hydrogen-bond donors (Lipinski definition) is 1. The standard InChI is InChI=1S/C21H19F2N5O/c22-15-4-6-18(17(23)13-15)26-16-5-7-19(25-14-16)21(29)28-11-9-27(10-12-28)20-3-1-2-8-24-20/h1-8,13-14,26H,9-12H2. The number of hydrogen-bond acceptors (Lipinski definition) is 5. The number of rotatable bonds is 4. The Morgan fingerprint density at radius 1 is 0.966 bits per heavy atom. The van der Waals surface area contributed by atoms with Gasteiger partial charge in [0.25, 0.3) is 5.91 Å². The van der Waals surface area contributed by atoms with E-state index in [1.165, 1.54) is 18.3 Å². The maximum absolute atomic E-state index is 13.7. The predicted octanol–water partition coefficient (Wildman–Crippen LogP) is 3.46. The molecule has 1 amide bonds. The molecule has 4 rings (SSSR count). The molecule has 8 heteroatoms. The van der Waals surface area contributed by atoms with Gasteiger partial charge in [-0.1, -0.05) is 6.07 Å². The van der Waals surface area contributed by atoms with Gasteiger partial charge in [0.1, 0.15) is 23.1 Å². The molecule has 0 bridgehead atoms. The second-order valence-corrected chi connectivity index (χ2v) is 6.65. The van der Waals surface area contributed by atoms with Gasteiger partial charge in [0.15, 0.2) is 0 Å². The lowest BCUT2D eigenvalue weighted by molar-refractivity contribution is 0.0740. The van der Waals surface area contributed by atoms with E-state index in [4.69, 9.17) is 0 Å². The summed E-state index contributed by atoms with van der Waals surface area (Å²) in [6.07, 6.45) is 3.21. The van der Waals surface area contributed by atoms with Crippen molar-refractivity contribution in [1.82, 2.24) is 14.9 Å². The molecule has 1 N–H and O–H groups in total. The average molecular weight is 395 g/mol. The van der Waals surface area contributed by atoms with Crippen molar-refractivity contribution in [1.29, 1.82) is 0 Å². The summed E-state index contributed by atoms with van der Waals surface area (Å²) < 4.78 is 26.7. The molecular formula is C21H19F2N5O. The number of nitrogens with zero attached hydrogens (tertiary/aromatic N) is 4. The summed E-state index contributed by atoms with van der Waals surface area (Å²) in [6.45, 7) is 2.56. The van der Waals surface area contributed by atoms with Crippen LogP contribution >= 0.6 is 0 Å². The molecule has 29 heavy (non-hydrogen) atoms. The van der Waals surface area contributed by atoms with Crippen LogP contribution in [0.25, 0.3) is 0 Å². The molecule has 1 aliphatic rings. The maximum Gasteiger partial charge on any atom is 0.272 e. The Morgan fingerprint density at radius 2 is 1.79 bits per heavy atom. The average Bonchev–Trinajstić information content (AvgIpc) is 2.76. The Labute approximate surface area is 166 Å². The van der Waals surface area contributed by atoms with Crippen molar-refractivity contribution in [3.05, 3.63) is 78.3 Å². The van der Waals surface area contributed by atoms with Gasteiger partial charge in [-0.2, -0.15) is 0 Å². The highest BCUT2D eigenvalue weighted by Crippen LogP contribution is 2.21. The Bertz CT molecular complexity index is 990. The van der Waals surface area contributed by atoms with E-state index >= 15 is 0 Å². The van der Waals surface area contributed by atoms with E-state index in [-0.39, 0.29) is 11.6 Å². The number of nitrogens with one attached hydrogen (secondary N) is 1.